The lowest BCUT2D eigenvalue weighted by Crippen LogP contribution is -2.50. The molecule has 8 heteroatoms. The predicted molar refractivity (Wildman–Crippen MR) is 133 cm³/mol. The molecule has 3 atom stereocenters. The Kier molecular flexibility index (Phi) is 7.80. The van der Waals surface area contributed by atoms with Gasteiger partial charge in [0.25, 0.3) is 5.91 Å². The lowest BCUT2D eigenvalue weighted by atomic mass is 9.99. The third kappa shape index (κ3) is 5.70. The fraction of sp³-hybridized carbons (Fsp3) is 0.481. The number of hydrogen-bond donors (Lipinski definition) is 1. The van der Waals surface area contributed by atoms with Crippen LogP contribution in [0.25, 0.3) is 5.57 Å². The van der Waals surface area contributed by atoms with Crippen molar-refractivity contribution in [3.05, 3.63) is 59.6 Å². The first-order valence-electron chi connectivity index (χ1n) is 12.3. The van der Waals surface area contributed by atoms with Gasteiger partial charge in [0.05, 0.1) is 25.6 Å². The molecular formula is C27H34N4O4. The summed E-state index contributed by atoms with van der Waals surface area (Å²) in [4.78, 5) is 38.4. The molecule has 2 aromatic rings. The van der Waals surface area contributed by atoms with Crippen LogP contribution in [0, 0.1) is 5.92 Å². The van der Waals surface area contributed by atoms with Gasteiger partial charge in [-0.2, -0.15) is 0 Å². The molecule has 0 bridgehead atoms. The highest BCUT2D eigenvalue weighted by Crippen LogP contribution is 2.32. The Morgan fingerprint density at radius 1 is 1.34 bits per heavy atom. The number of rotatable bonds is 7. The zero-order chi connectivity index (χ0) is 24.9. The summed E-state index contributed by atoms with van der Waals surface area (Å²) in [5, 5.41) is 9.85. The van der Waals surface area contributed by atoms with Gasteiger partial charge in [-0.05, 0) is 61.1 Å². The van der Waals surface area contributed by atoms with Gasteiger partial charge in [-0.1, -0.05) is 13.0 Å². The van der Waals surface area contributed by atoms with E-state index < -0.39 is 0 Å². The van der Waals surface area contributed by atoms with Crippen molar-refractivity contribution in [1.29, 1.82) is 0 Å². The molecule has 2 amide bonds. The van der Waals surface area contributed by atoms with E-state index in [1.165, 1.54) is 5.57 Å². The highest BCUT2D eigenvalue weighted by molar-refractivity contribution is 5.97. The van der Waals surface area contributed by atoms with Crippen LogP contribution in [-0.2, 0) is 11.2 Å². The molecular weight excluding hydrogens is 444 g/mol. The summed E-state index contributed by atoms with van der Waals surface area (Å²) >= 11 is 0. The van der Waals surface area contributed by atoms with Crippen molar-refractivity contribution in [3.63, 3.8) is 0 Å². The summed E-state index contributed by atoms with van der Waals surface area (Å²) in [5.41, 5.74) is 3.43. The molecule has 0 aromatic carbocycles. The summed E-state index contributed by atoms with van der Waals surface area (Å²) in [5.74, 6) is -0.0281. The summed E-state index contributed by atoms with van der Waals surface area (Å²) in [7, 11) is 1.77. The van der Waals surface area contributed by atoms with E-state index in [1.807, 2.05) is 32.0 Å². The van der Waals surface area contributed by atoms with E-state index in [9.17, 15) is 14.7 Å². The van der Waals surface area contributed by atoms with Crippen LogP contribution in [-0.4, -0.2) is 75.6 Å². The Bertz CT molecular complexity index is 1090. The van der Waals surface area contributed by atoms with Gasteiger partial charge < -0.3 is 19.6 Å². The quantitative estimate of drug-likeness (QED) is 0.657. The molecule has 35 heavy (non-hydrogen) atoms. The molecule has 0 unspecified atom stereocenters. The van der Waals surface area contributed by atoms with Crippen LogP contribution in [0.3, 0.4) is 0 Å². The first-order chi connectivity index (χ1) is 16.9. The van der Waals surface area contributed by atoms with Crippen LogP contribution in [0.15, 0.2) is 42.9 Å². The first-order valence-corrected chi connectivity index (χ1v) is 12.3. The number of allylic oxidation sites excluding steroid dienone is 2. The van der Waals surface area contributed by atoms with Gasteiger partial charge >= 0.3 is 0 Å². The zero-order valence-corrected chi connectivity index (χ0v) is 20.7. The molecule has 0 saturated heterocycles. The van der Waals surface area contributed by atoms with Crippen molar-refractivity contribution in [1.82, 2.24) is 19.8 Å². The number of fused-ring (bicyclic) bond motifs is 1. The smallest absolute Gasteiger partial charge is 0.259 e. The van der Waals surface area contributed by atoms with Crippen molar-refractivity contribution in [3.8, 4) is 5.88 Å². The number of aliphatic hydroxyl groups is 1. The highest BCUT2D eigenvalue weighted by atomic mass is 16.5. The molecule has 2 aromatic heterocycles. The van der Waals surface area contributed by atoms with Crippen LogP contribution >= 0.6 is 0 Å². The molecule has 4 rings (SSSR count). The Morgan fingerprint density at radius 2 is 2.11 bits per heavy atom. The first kappa shape index (κ1) is 24.9. The number of hydrogen-bond acceptors (Lipinski definition) is 6. The Hall–Kier alpha value is -3.26. The van der Waals surface area contributed by atoms with E-state index in [2.05, 4.69) is 16.0 Å². The normalized spacial score (nSPS) is 20.9. The topological polar surface area (TPSA) is 95.9 Å². The van der Waals surface area contributed by atoms with E-state index in [-0.39, 0.29) is 48.8 Å². The number of carbonyl (C=O) groups is 2. The van der Waals surface area contributed by atoms with Crippen LogP contribution in [0.4, 0.5) is 0 Å². The van der Waals surface area contributed by atoms with Crippen LogP contribution < -0.4 is 4.74 Å². The largest absolute Gasteiger partial charge is 0.472 e. The average molecular weight is 479 g/mol. The minimum absolute atomic E-state index is 0.0255. The number of carbonyl (C=O) groups excluding carboxylic acids is 2. The molecule has 0 saturated carbocycles. The van der Waals surface area contributed by atoms with Gasteiger partial charge in [0.2, 0.25) is 11.8 Å². The van der Waals surface area contributed by atoms with Gasteiger partial charge in [0.15, 0.2) is 0 Å². The molecule has 1 N–H and O–H groups in total. The fourth-order valence-electron chi connectivity index (χ4n) is 4.61. The second-order valence-electron chi connectivity index (χ2n) is 9.63. The van der Waals surface area contributed by atoms with Crippen molar-refractivity contribution in [2.45, 2.75) is 51.7 Å². The Morgan fingerprint density at radius 3 is 2.80 bits per heavy atom. The molecule has 2 aliphatic rings. The van der Waals surface area contributed by atoms with Crippen molar-refractivity contribution in [2.24, 2.45) is 5.92 Å². The van der Waals surface area contributed by atoms with Crippen molar-refractivity contribution < 1.29 is 19.4 Å². The van der Waals surface area contributed by atoms with E-state index in [0.717, 1.165) is 30.4 Å². The zero-order valence-electron chi connectivity index (χ0n) is 20.7. The van der Waals surface area contributed by atoms with E-state index in [1.54, 1.807) is 35.4 Å². The lowest BCUT2D eigenvalue weighted by molar-refractivity contribution is -0.130. The molecule has 186 valence electrons. The van der Waals surface area contributed by atoms with Crippen LogP contribution in [0.2, 0.25) is 0 Å². The van der Waals surface area contributed by atoms with E-state index in [0.29, 0.717) is 18.7 Å². The minimum Gasteiger partial charge on any atom is -0.472 e. The van der Waals surface area contributed by atoms with Crippen LogP contribution in [0.5, 0.6) is 5.88 Å². The summed E-state index contributed by atoms with van der Waals surface area (Å²) < 4.78 is 6.33. The van der Waals surface area contributed by atoms with Gasteiger partial charge in [0.1, 0.15) is 11.7 Å². The molecule has 0 fully saturated rings. The fourth-order valence-corrected chi connectivity index (χ4v) is 4.61. The maximum Gasteiger partial charge on any atom is 0.259 e. The molecule has 8 nitrogen and oxygen atoms in total. The molecule has 0 radical (unpaired) electrons. The van der Waals surface area contributed by atoms with Gasteiger partial charge in [-0.25, -0.2) is 4.98 Å². The predicted octanol–water partition coefficient (Wildman–Crippen LogP) is 2.97. The van der Waals surface area contributed by atoms with E-state index in [4.69, 9.17) is 4.74 Å². The number of amides is 2. The number of nitrogens with zero attached hydrogens (tertiary/aromatic N) is 4. The number of ether oxygens (including phenoxy) is 1. The Balaban J connectivity index is 1.60. The molecule has 0 spiro atoms. The van der Waals surface area contributed by atoms with Gasteiger partial charge in [0, 0.05) is 38.1 Å². The number of pyridine rings is 2. The SMILES string of the molecule is C[C@@H]1CN([C@@H](C)CO)C(=O)c2cc(C3=CCCC3)cnc2O[C@H]1CN(C)C(=O)Cc1ccncc1. The average Bonchev–Trinajstić information content (AvgIpc) is 3.41. The summed E-state index contributed by atoms with van der Waals surface area (Å²) in [6.07, 6.45) is 10.3. The number of aliphatic hydroxyl groups excluding tert-OH is 1. The van der Waals surface area contributed by atoms with Crippen LogP contribution in [0.1, 0.15) is 54.6 Å². The third-order valence-electron chi connectivity index (χ3n) is 6.92. The highest BCUT2D eigenvalue weighted by Gasteiger charge is 2.35. The molecule has 3 heterocycles. The number of aromatic nitrogens is 2. The van der Waals surface area contributed by atoms with Gasteiger partial charge in [-0.15, -0.1) is 0 Å². The molecule has 1 aliphatic carbocycles. The minimum atomic E-state index is -0.370. The summed E-state index contributed by atoms with van der Waals surface area (Å²) in [6, 6.07) is 5.18. The van der Waals surface area contributed by atoms with E-state index >= 15 is 0 Å². The monoisotopic (exact) mass is 478 g/mol. The second kappa shape index (κ2) is 11.0. The Labute approximate surface area is 206 Å². The third-order valence-corrected chi connectivity index (χ3v) is 6.92. The maximum absolute atomic E-state index is 13.5. The summed E-state index contributed by atoms with van der Waals surface area (Å²) in [6.45, 7) is 4.46. The van der Waals surface area contributed by atoms with Gasteiger partial charge in [-0.3, -0.25) is 14.6 Å². The standard InChI is InChI=1S/C27H34N4O4/c1-18-15-31(19(2)17-32)27(34)23-13-22(21-6-4-5-7-21)14-29-26(23)35-24(18)16-30(3)25(33)12-20-8-10-28-11-9-20/h6,8-11,13-14,18-19,24,32H,4-5,7,12,15-17H2,1-3H3/t18-,19+,24+/m1/s1. The van der Waals surface area contributed by atoms with Crippen molar-refractivity contribution >= 4 is 17.4 Å². The van der Waals surface area contributed by atoms with Crippen molar-refractivity contribution in [2.75, 3.05) is 26.7 Å². The lowest BCUT2D eigenvalue weighted by Gasteiger charge is -2.37. The maximum atomic E-state index is 13.5. The molecule has 1 aliphatic heterocycles. The number of likely N-dealkylation sites (N-methyl/N-ethyl adjacent to an activating group) is 1. The second-order valence-corrected chi connectivity index (χ2v) is 9.63.